The fourth-order valence-corrected chi connectivity index (χ4v) is 6.10. The van der Waals surface area contributed by atoms with Gasteiger partial charge in [-0.05, 0) is 38.5 Å². The van der Waals surface area contributed by atoms with Crippen molar-refractivity contribution < 1.29 is 49.0 Å². The van der Waals surface area contributed by atoms with Crippen LogP contribution in [-0.4, -0.2) is 89.0 Å². The SMILES string of the molecule is CCCCCCCCCC/C=C\CCCCCCCCCCCCCC(=O)OC(COC(=O)CCCC)COC1OC(CO)C(O)C(O)C1O. The number of rotatable bonds is 33. The molecule has 0 aliphatic carbocycles. The van der Waals surface area contributed by atoms with Gasteiger partial charge in [0.15, 0.2) is 12.4 Å². The lowest BCUT2D eigenvalue weighted by molar-refractivity contribution is -0.305. The summed E-state index contributed by atoms with van der Waals surface area (Å²) < 4.78 is 21.7. The number of allylic oxidation sites excluding steroid dienone is 2. The third kappa shape index (κ3) is 23.8. The summed E-state index contributed by atoms with van der Waals surface area (Å²) >= 11 is 0. The number of carbonyl (C=O) groups excluding carboxylic acids is 2. The molecule has 0 saturated carbocycles. The second kappa shape index (κ2) is 32.1. The maximum absolute atomic E-state index is 12.6. The zero-order valence-corrected chi connectivity index (χ0v) is 31.7. The predicted octanol–water partition coefficient (Wildman–Crippen LogP) is 7.61. The summed E-state index contributed by atoms with van der Waals surface area (Å²) in [4.78, 5) is 24.6. The van der Waals surface area contributed by atoms with Gasteiger partial charge in [-0.2, -0.15) is 0 Å². The first-order chi connectivity index (χ1) is 24.3. The molecule has 10 nitrogen and oxygen atoms in total. The van der Waals surface area contributed by atoms with Gasteiger partial charge in [0, 0.05) is 12.8 Å². The number of esters is 2. The lowest BCUT2D eigenvalue weighted by atomic mass is 9.99. The van der Waals surface area contributed by atoms with Gasteiger partial charge >= 0.3 is 11.9 Å². The summed E-state index contributed by atoms with van der Waals surface area (Å²) in [6.07, 6.45) is 25.0. The number of aliphatic hydroxyl groups is 4. The van der Waals surface area contributed by atoms with Gasteiger partial charge in [-0.25, -0.2) is 0 Å². The minimum Gasteiger partial charge on any atom is -0.462 e. The first kappa shape index (κ1) is 46.5. The molecular weight excluding hydrogens is 640 g/mol. The van der Waals surface area contributed by atoms with Crippen LogP contribution in [0.5, 0.6) is 0 Å². The van der Waals surface area contributed by atoms with Crippen molar-refractivity contribution in [3.05, 3.63) is 12.2 Å². The molecule has 0 spiro atoms. The van der Waals surface area contributed by atoms with E-state index in [4.69, 9.17) is 18.9 Å². The van der Waals surface area contributed by atoms with Gasteiger partial charge < -0.3 is 39.4 Å². The van der Waals surface area contributed by atoms with Crippen LogP contribution in [0.1, 0.15) is 174 Å². The Morgan fingerprint density at radius 3 is 1.60 bits per heavy atom. The monoisotopic (exact) mass is 715 g/mol. The smallest absolute Gasteiger partial charge is 0.306 e. The van der Waals surface area contributed by atoms with E-state index in [1.54, 1.807) is 0 Å². The minimum absolute atomic E-state index is 0.220. The van der Waals surface area contributed by atoms with Gasteiger partial charge in [0.1, 0.15) is 31.0 Å². The zero-order valence-electron chi connectivity index (χ0n) is 31.7. The van der Waals surface area contributed by atoms with E-state index in [0.29, 0.717) is 12.8 Å². The molecule has 0 amide bonds. The van der Waals surface area contributed by atoms with Gasteiger partial charge in [0.05, 0.1) is 13.2 Å². The average molecular weight is 715 g/mol. The van der Waals surface area contributed by atoms with Crippen LogP contribution in [0.25, 0.3) is 0 Å². The second-order valence-corrected chi connectivity index (χ2v) is 14.1. The summed E-state index contributed by atoms with van der Waals surface area (Å²) in [7, 11) is 0. The maximum Gasteiger partial charge on any atom is 0.306 e. The number of aliphatic hydroxyl groups excluding tert-OH is 4. The van der Waals surface area contributed by atoms with Crippen molar-refractivity contribution in [3.63, 3.8) is 0 Å². The molecule has 6 atom stereocenters. The number of unbranched alkanes of at least 4 members (excludes halogenated alkanes) is 20. The van der Waals surface area contributed by atoms with Crippen LogP contribution in [-0.2, 0) is 28.5 Å². The minimum atomic E-state index is -1.59. The van der Waals surface area contributed by atoms with Crippen LogP contribution in [0.2, 0.25) is 0 Å². The molecule has 50 heavy (non-hydrogen) atoms. The molecule has 0 bridgehead atoms. The van der Waals surface area contributed by atoms with Crippen molar-refractivity contribution in [2.45, 2.75) is 211 Å². The first-order valence-corrected chi connectivity index (χ1v) is 20.3. The normalized spacial score (nSPS) is 21.4. The number of carbonyl (C=O) groups is 2. The molecular formula is C40H74O10. The van der Waals surface area contributed by atoms with Crippen LogP contribution < -0.4 is 0 Å². The molecule has 1 heterocycles. The van der Waals surface area contributed by atoms with Gasteiger partial charge in [-0.1, -0.05) is 135 Å². The van der Waals surface area contributed by atoms with Crippen molar-refractivity contribution in [2.24, 2.45) is 0 Å². The van der Waals surface area contributed by atoms with Crippen LogP contribution in [0, 0.1) is 0 Å². The molecule has 4 N–H and O–H groups in total. The van der Waals surface area contributed by atoms with E-state index < -0.39 is 55.4 Å². The molecule has 6 unspecified atom stereocenters. The Morgan fingerprint density at radius 2 is 1.08 bits per heavy atom. The molecule has 0 radical (unpaired) electrons. The Hall–Kier alpha value is -1.56. The van der Waals surface area contributed by atoms with E-state index in [0.717, 1.165) is 25.7 Å². The quantitative estimate of drug-likeness (QED) is 0.0304. The highest BCUT2D eigenvalue weighted by atomic mass is 16.7. The molecule has 1 saturated heterocycles. The number of ether oxygens (including phenoxy) is 4. The van der Waals surface area contributed by atoms with E-state index in [1.165, 1.54) is 109 Å². The first-order valence-electron chi connectivity index (χ1n) is 20.3. The fraction of sp³-hybridized carbons (Fsp3) is 0.900. The summed E-state index contributed by atoms with van der Waals surface area (Å²) in [6.45, 7) is 3.16. The Labute approximate surface area is 303 Å². The highest BCUT2D eigenvalue weighted by molar-refractivity contribution is 5.70. The Balaban J connectivity index is 2.12. The molecule has 1 aliphatic rings. The summed E-state index contributed by atoms with van der Waals surface area (Å²) in [5.41, 5.74) is 0. The van der Waals surface area contributed by atoms with Gasteiger partial charge in [-0.3, -0.25) is 9.59 Å². The summed E-state index contributed by atoms with van der Waals surface area (Å²) in [6, 6.07) is 0. The van der Waals surface area contributed by atoms with Crippen LogP contribution >= 0.6 is 0 Å². The van der Waals surface area contributed by atoms with Crippen LogP contribution in [0.3, 0.4) is 0 Å². The third-order valence-electron chi connectivity index (χ3n) is 9.40. The van der Waals surface area contributed by atoms with Gasteiger partial charge in [0.2, 0.25) is 0 Å². The number of hydrogen-bond donors (Lipinski definition) is 4. The van der Waals surface area contributed by atoms with Crippen LogP contribution in [0.15, 0.2) is 12.2 Å². The van der Waals surface area contributed by atoms with Gasteiger partial charge in [-0.15, -0.1) is 0 Å². The Kier molecular flexibility index (Phi) is 29.8. The van der Waals surface area contributed by atoms with Crippen LogP contribution in [0.4, 0.5) is 0 Å². The lowest BCUT2D eigenvalue weighted by Crippen LogP contribution is -2.59. The van der Waals surface area contributed by atoms with Crippen molar-refractivity contribution >= 4 is 11.9 Å². The van der Waals surface area contributed by atoms with Gasteiger partial charge in [0.25, 0.3) is 0 Å². The fourth-order valence-electron chi connectivity index (χ4n) is 6.10. The average Bonchev–Trinajstić information content (AvgIpc) is 3.11. The van der Waals surface area contributed by atoms with E-state index in [1.807, 2.05) is 6.92 Å². The molecule has 0 aromatic carbocycles. The summed E-state index contributed by atoms with van der Waals surface area (Å²) in [5.74, 6) is -0.844. The zero-order chi connectivity index (χ0) is 36.7. The number of hydrogen-bond acceptors (Lipinski definition) is 10. The molecule has 1 fully saturated rings. The highest BCUT2D eigenvalue weighted by Gasteiger charge is 2.44. The van der Waals surface area contributed by atoms with Crippen molar-refractivity contribution in [1.29, 1.82) is 0 Å². The molecule has 0 aromatic rings. The highest BCUT2D eigenvalue weighted by Crippen LogP contribution is 2.22. The second-order valence-electron chi connectivity index (χ2n) is 14.1. The van der Waals surface area contributed by atoms with Crippen molar-refractivity contribution in [3.8, 4) is 0 Å². The maximum atomic E-state index is 12.6. The molecule has 294 valence electrons. The van der Waals surface area contributed by atoms with E-state index >= 15 is 0 Å². The molecule has 0 aromatic heterocycles. The van der Waals surface area contributed by atoms with E-state index in [2.05, 4.69) is 19.1 Å². The lowest BCUT2D eigenvalue weighted by Gasteiger charge is -2.39. The Bertz CT molecular complexity index is 835. The summed E-state index contributed by atoms with van der Waals surface area (Å²) in [5, 5.41) is 39.6. The largest absolute Gasteiger partial charge is 0.462 e. The predicted molar refractivity (Wildman–Crippen MR) is 196 cm³/mol. The molecule has 1 rings (SSSR count). The Morgan fingerprint density at radius 1 is 0.600 bits per heavy atom. The third-order valence-corrected chi connectivity index (χ3v) is 9.40. The topological polar surface area (TPSA) is 152 Å². The van der Waals surface area contributed by atoms with Crippen molar-refractivity contribution in [1.82, 2.24) is 0 Å². The standard InChI is InChI=1S/C40H74O10/c1-3-5-7-8-9-10-11-12-13-14-15-16-17-18-19-20-21-22-23-24-25-26-27-29-36(43)49-33(31-47-35(42)28-6-4-2)32-48-40-39(46)38(45)37(44)34(30-41)50-40/h14-15,33-34,37-41,44-46H,3-13,16-32H2,1-2H3/b15-14-. The van der Waals surface area contributed by atoms with E-state index in [-0.39, 0.29) is 26.1 Å². The van der Waals surface area contributed by atoms with E-state index in [9.17, 15) is 30.0 Å². The van der Waals surface area contributed by atoms with Crippen molar-refractivity contribution in [2.75, 3.05) is 19.8 Å². The molecule has 1 aliphatic heterocycles. The molecule has 10 heteroatoms.